The number of carbonyl (C=O) groups is 1. The zero-order valence-corrected chi connectivity index (χ0v) is 14.6. The van der Waals surface area contributed by atoms with Crippen molar-refractivity contribution in [2.24, 2.45) is 0 Å². The van der Waals surface area contributed by atoms with Gasteiger partial charge in [0.15, 0.2) is 0 Å². The number of aromatic amines is 1. The van der Waals surface area contributed by atoms with E-state index in [4.69, 9.17) is 0 Å². The highest BCUT2D eigenvalue weighted by molar-refractivity contribution is 5.96. The molecule has 1 aromatic carbocycles. The quantitative estimate of drug-likeness (QED) is 0.617. The number of hydrogen-bond acceptors (Lipinski definition) is 2. The summed E-state index contributed by atoms with van der Waals surface area (Å²) in [5.74, 6) is -0.0588. The SMILES string of the molecule is CC(c1c[nH]c(=O)c2ccccc12)N(C)C(=O)c1cc2ccccn2c1. The summed E-state index contributed by atoms with van der Waals surface area (Å²) in [7, 11) is 1.79. The fraction of sp³-hybridized carbons (Fsp3) is 0.143. The Bertz CT molecular complexity index is 1140. The molecule has 3 aromatic heterocycles. The van der Waals surface area contributed by atoms with Crippen molar-refractivity contribution in [1.29, 1.82) is 0 Å². The molecule has 0 aliphatic carbocycles. The van der Waals surface area contributed by atoms with Gasteiger partial charge in [0.1, 0.15) is 0 Å². The van der Waals surface area contributed by atoms with Crippen molar-refractivity contribution in [3.8, 4) is 0 Å². The van der Waals surface area contributed by atoms with E-state index in [1.54, 1.807) is 24.2 Å². The van der Waals surface area contributed by atoms with Crippen molar-refractivity contribution in [2.75, 3.05) is 7.05 Å². The summed E-state index contributed by atoms with van der Waals surface area (Å²) in [6.45, 7) is 1.97. The molecule has 0 bridgehead atoms. The zero-order chi connectivity index (χ0) is 18.3. The first-order chi connectivity index (χ1) is 12.6. The van der Waals surface area contributed by atoms with E-state index in [9.17, 15) is 9.59 Å². The van der Waals surface area contributed by atoms with E-state index >= 15 is 0 Å². The Morgan fingerprint density at radius 1 is 1.12 bits per heavy atom. The first-order valence-corrected chi connectivity index (χ1v) is 8.50. The number of nitrogens with one attached hydrogen (secondary N) is 1. The molecular formula is C21H19N3O2. The van der Waals surface area contributed by atoms with Crippen LogP contribution >= 0.6 is 0 Å². The molecule has 4 rings (SSSR count). The normalized spacial score (nSPS) is 12.4. The van der Waals surface area contributed by atoms with Crippen LogP contribution in [0.3, 0.4) is 0 Å². The summed E-state index contributed by atoms with van der Waals surface area (Å²) in [6.07, 6.45) is 5.46. The lowest BCUT2D eigenvalue weighted by molar-refractivity contribution is 0.0743. The minimum atomic E-state index is -0.188. The molecule has 4 aromatic rings. The van der Waals surface area contributed by atoms with Crippen LogP contribution in [0.2, 0.25) is 0 Å². The Kier molecular flexibility index (Phi) is 3.84. The van der Waals surface area contributed by atoms with Gasteiger partial charge < -0.3 is 14.3 Å². The van der Waals surface area contributed by atoms with E-state index in [2.05, 4.69) is 4.98 Å². The molecule has 130 valence electrons. The average Bonchev–Trinajstić information content (AvgIpc) is 3.11. The number of benzene rings is 1. The van der Waals surface area contributed by atoms with Gasteiger partial charge in [-0.1, -0.05) is 24.3 Å². The number of amides is 1. The summed E-state index contributed by atoms with van der Waals surface area (Å²) in [6, 6.07) is 15.0. The topological polar surface area (TPSA) is 57.6 Å². The first kappa shape index (κ1) is 16.1. The standard InChI is InChI=1S/C21H19N3O2/c1-14(19-12-22-20(25)18-9-4-3-8-17(18)19)23(2)21(26)15-11-16-7-5-6-10-24(16)13-15/h3-14H,1-2H3,(H,22,25). The van der Waals surface area contributed by atoms with Crippen LogP contribution in [0.25, 0.3) is 16.3 Å². The highest BCUT2D eigenvalue weighted by atomic mass is 16.2. The molecule has 0 fully saturated rings. The predicted octanol–water partition coefficient (Wildman–Crippen LogP) is 3.61. The highest BCUT2D eigenvalue weighted by Crippen LogP contribution is 2.26. The highest BCUT2D eigenvalue weighted by Gasteiger charge is 2.22. The van der Waals surface area contributed by atoms with Gasteiger partial charge in [-0.15, -0.1) is 0 Å². The first-order valence-electron chi connectivity index (χ1n) is 8.50. The fourth-order valence-corrected chi connectivity index (χ4v) is 3.34. The van der Waals surface area contributed by atoms with Crippen molar-refractivity contribution in [3.05, 3.63) is 88.6 Å². The molecule has 26 heavy (non-hydrogen) atoms. The van der Waals surface area contributed by atoms with E-state index in [1.165, 1.54) is 0 Å². The van der Waals surface area contributed by atoms with Gasteiger partial charge in [0.2, 0.25) is 0 Å². The van der Waals surface area contributed by atoms with Crippen molar-refractivity contribution in [3.63, 3.8) is 0 Å². The Morgan fingerprint density at radius 3 is 2.62 bits per heavy atom. The smallest absolute Gasteiger partial charge is 0.255 e. The molecule has 1 atom stereocenters. The van der Waals surface area contributed by atoms with Crippen LogP contribution in [0.5, 0.6) is 0 Å². The Labute approximate surface area is 150 Å². The molecule has 5 nitrogen and oxygen atoms in total. The average molecular weight is 345 g/mol. The molecule has 0 radical (unpaired) electrons. The van der Waals surface area contributed by atoms with Crippen LogP contribution in [-0.4, -0.2) is 27.2 Å². The van der Waals surface area contributed by atoms with Crippen LogP contribution in [-0.2, 0) is 0 Å². The van der Waals surface area contributed by atoms with Crippen LogP contribution < -0.4 is 5.56 Å². The molecule has 0 spiro atoms. The summed E-state index contributed by atoms with van der Waals surface area (Å²) >= 11 is 0. The zero-order valence-electron chi connectivity index (χ0n) is 14.6. The van der Waals surface area contributed by atoms with Gasteiger partial charge in [-0.3, -0.25) is 9.59 Å². The van der Waals surface area contributed by atoms with Gasteiger partial charge in [0, 0.05) is 36.5 Å². The molecule has 0 aliphatic heterocycles. The van der Waals surface area contributed by atoms with Crippen LogP contribution in [0, 0.1) is 0 Å². The van der Waals surface area contributed by atoms with Crippen LogP contribution in [0.15, 0.2) is 71.9 Å². The molecule has 1 unspecified atom stereocenters. The van der Waals surface area contributed by atoms with Gasteiger partial charge >= 0.3 is 0 Å². The molecular weight excluding hydrogens is 326 g/mol. The van der Waals surface area contributed by atoms with Crippen LogP contribution in [0.1, 0.15) is 28.9 Å². The maximum Gasteiger partial charge on any atom is 0.255 e. The largest absolute Gasteiger partial charge is 0.335 e. The molecule has 3 heterocycles. The minimum absolute atomic E-state index is 0.0588. The van der Waals surface area contributed by atoms with E-state index in [0.717, 1.165) is 16.5 Å². The van der Waals surface area contributed by atoms with Gasteiger partial charge in [-0.2, -0.15) is 0 Å². The maximum absolute atomic E-state index is 13.0. The third kappa shape index (κ3) is 2.58. The van der Waals surface area contributed by atoms with Crippen molar-refractivity contribution in [1.82, 2.24) is 14.3 Å². The lowest BCUT2D eigenvalue weighted by atomic mass is 10.0. The van der Waals surface area contributed by atoms with E-state index in [0.29, 0.717) is 10.9 Å². The number of aromatic nitrogens is 2. The third-order valence-electron chi connectivity index (χ3n) is 4.94. The van der Waals surface area contributed by atoms with Gasteiger partial charge in [-0.05, 0) is 42.1 Å². The second-order valence-electron chi connectivity index (χ2n) is 6.47. The number of fused-ring (bicyclic) bond motifs is 2. The number of rotatable bonds is 3. The van der Waals surface area contributed by atoms with Gasteiger partial charge in [0.05, 0.1) is 11.6 Å². The lowest BCUT2D eigenvalue weighted by Crippen LogP contribution is -2.30. The number of H-pyrrole nitrogens is 1. The van der Waals surface area contributed by atoms with Gasteiger partial charge in [0.25, 0.3) is 11.5 Å². The molecule has 0 saturated carbocycles. The van der Waals surface area contributed by atoms with Crippen molar-refractivity contribution in [2.45, 2.75) is 13.0 Å². The van der Waals surface area contributed by atoms with E-state index in [-0.39, 0.29) is 17.5 Å². The molecule has 0 saturated heterocycles. The van der Waals surface area contributed by atoms with Crippen molar-refractivity contribution >= 4 is 22.2 Å². The number of carbonyl (C=O) groups excluding carboxylic acids is 1. The molecule has 1 N–H and O–H groups in total. The van der Waals surface area contributed by atoms with Crippen molar-refractivity contribution < 1.29 is 4.79 Å². The second kappa shape index (κ2) is 6.19. The Morgan fingerprint density at radius 2 is 1.85 bits per heavy atom. The number of hydrogen-bond donors (Lipinski definition) is 1. The van der Waals surface area contributed by atoms with Gasteiger partial charge in [-0.25, -0.2) is 0 Å². The van der Waals surface area contributed by atoms with E-state index < -0.39 is 0 Å². The Balaban J connectivity index is 1.72. The monoisotopic (exact) mass is 345 g/mol. The molecule has 5 heteroatoms. The molecule has 1 amide bonds. The minimum Gasteiger partial charge on any atom is -0.335 e. The predicted molar refractivity (Wildman–Crippen MR) is 102 cm³/mol. The summed E-state index contributed by atoms with van der Waals surface area (Å²) in [5.41, 5.74) is 2.41. The summed E-state index contributed by atoms with van der Waals surface area (Å²) in [5, 5.41) is 1.50. The Hall–Kier alpha value is -3.34. The fourth-order valence-electron chi connectivity index (χ4n) is 3.34. The third-order valence-corrected chi connectivity index (χ3v) is 4.94. The summed E-state index contributed by atoms with van der Waals surface area (Å²) in [4.78, 5) is 29.5. The summed E-state index contributed by atoms with van der Waals surface area (Å²) < 4.78 is 1.93. The molecule has 0 aliphatic rings. The second-order valence-corrected chi connectivity index (χ2v) is 6.47. The van der Waals surface area contributed by atoms with E-state index in [1.807, 2.05) is 66.2 Å². The lowest BCUT2D eigenvalue weighted by Gasteiger charge is -2.26. The number of nitrogens with zero attached hydrogens (tertiary/aromatic N) is 2. The number of pyridine rings is 2. The maximum atomic E-state index is 13.0. The van der Waals surface area contributed by atoms with Crippen LogP contribution in [0.4, 0.5) is 0 Å².